The summed E-state index contributed by atoms with van der Waals surface area (Å²) in [6.45, 7) is 0. The Bertz CT molecular complexity index is 9690. The highest BCUT2D eigenvalue weighted by Gasteiger charge is 2.23. The summed E-state index contributed by atoms with van der Waals surface area (Å²) in [6, 6.07) is 165. The highest BCUT2D eigenvalue weighted by atomic mass is 32.1. The highest BCUT2D eigenvalue weighted by molar-refractivity contribution is 7.28. The third-order valence-corrected chi connectivity index (χ3v) is 33.6. The minimum Gasteiger partial charge on any atom is -0.208 e. The first-order valence-electron chi connectivity index (χ1n) is 47.7. The molecule has 0 bridgehead atoms. The van der Waals surface area contributed by atoms with E-state index in [1.165, 1.54) is 143 Å². The van der Waals surface area contributed by atoms with Gasteiger partial charge < -0.3 is 0 Å². The second kappa shape index (κ2) is 36.8. The van der Waals surface area contributed by atoms with Crippen LogP contribution < -0.4 is 0 Å². The van der Waals surface area contributed by atoms with Gasteiger partial charge in [0.25, 0.3) is 0 Å². The zero-order valence-corrected chi connectivity index (χ0v) is 81.8. The van der Waals surface area contributed by atoms with Crippen molar-refractivity contribution in [1.82, 2.24) is 44.9 Å². The molecule has 9 heterocycles. The predicted molar refractivity (Wildman–Crippen MR) is 613 cm³/mol. The second-order valence-corrected chi connectivity index (χ2v) is 42.3. The van der Waals surface area contributed by atoms with Gasteiger partial charge in [0.2, 0.25) is 0 Å². The zero-order valence-electron chi connectivity index (χ0n) is 76.9. The van der Waals surface area contributed by atoms with E-state index >= 15 is 0 Å². The van der Waals surface area contributed by atoms with Crippen molar-refractivity contribution in [2.24, 2.45) is 0 Å². The Morgan fingerprint density at radius 2 is 0.222 bits per heavy atom. The largest absolute Gasteiger partial charge is 0.208 e. The van der Waals surface area contributed by atoms with Gasteiger partial charge in [0.1, 0.15) is 0 Å². The van der Waals surface area contributed by atoms with Crippen LogP contribution in [0.5, 0.6) is 0 Å². The first kappa shape index (κ1) is 85.9. The van der Waals surface area contributed by atoms with Crippen LogP contribution in [0.15, 0.2) is 467 Å². The summed E-state index contributed by atoms with van der Waals surface area (Å²) in [5.41, 5.74) is 20.3. The van der Waals surface area contributed by atoms with Crippen LogP contribution in [0.3, 0.4) is 0 Å². The van der Waals surface area contributed by atoms with Crippen molar-refractivity contribution in [2.75, 3.05) is 0 Å². The van der Waals surface area contributed by atoms with E-state index in [9.17, 15) is 0 Å². The molecule has 0 radical (unpaired) electrons. The summed E-state index contributed by atoms with van der Waals surface area (Å²) < 4.78 is 15.0. The maximum atomic E-state index is 5.14. The molecule has 0 saturated heterocycles. The molecule has 0 unspecified atom stereocenters. The van der Waals surface area contributed by atoms with Crippen LogP contribution in [0, 0.1) is 0 Å². The summed E-state index contributed by atoms with van der Waals surface area (Å²) in [5.74, 6) is 5.97. The molecule has 0 saturated carbocycles. The van der Waals surface area contributed by atoms with E-state index in [1.807, 2.05) is 12.1 Å². The summed E-state index contributed by atoms with van der Waals surface area (Å²) in [7, 11) is 0. The Morgan fingerprint density at radius 1 is 0.0903 bits per heavy atom. The summed E-state index contributed by atoms with van der Waals surface area (Å²) in [6.07, 6.45) is 0. The number of hydrogen-bond acceptors (Lipinski definition) is 15. The summed E-state index contributed by atoms with van der Waals surface area (Å²) in [4.78, 5) is 46.0. The number of fused-ring (bicyclic) bond motifs is 18. The van der Waals surface area contributed by atoms with Gasteiger partial charge in [0.05, 0.1) is 0 Å². The van der Waals surface area contributed by atoms with Gasteiger partial charge in [-0.3, -0.25) is 0 Å². The van der Waals surface area contributed by atoms with Crippen LogP contribution in [0.1, 0.15) is 0 Å². The topological polar surface area (TPSA) is 116 Å². The van der Waals surface area contributed by atoms with Crippen molar-refractivity contribution in [1.29, 1.82) is 0 Å². The van der Waals surface area contributed by atoms with E-state index in [0.717, 1.165) is 83.5 Å². The van der Waals surface area contributed by atoms with Crippen molar-refractivity contribution in [3.8, 4) is 158 Å². The van der Waals surface area contributed by atoms with Crippen LogP contribution in [0.4, 0.5) is 0 Å². The maximum absolute atomic E-state index is 5.14. The Morgan fingerprint density at radius 3 is 0.438 bits per heavy atom. The molecule has 144 heavy (non-hydrogen) atoms. The van der Waals surface area contributed by atoms with Crippen molar-refractivity contribution in [2.45, 2.75) is 0 Å². The Hall–Kier alpha value is -17.3. The van der Waals surface area contributed by atoms with Gasteiger partial charge in [-0.15, -0.1) is 68.0 Å². The summed E-state index contributed by atoms with van der Waals surface area (Å²) >= 11 is 10.8. The van der Waals surface area contributed by atoms with Crippen molar-refractivity contribution in [3.63, 3.8) is 0 Å². The molecule has 29 rings (SSSR count). The van der Waals surface area contributed by atoms with E-state index in [-0.39, 0.29) is 0 Å². The van der Waals surface area contributed by atoms with Crippen LogP contribution >= 0.6 is 68.0 Å². The maximum Gasteiger partial charge on any atom is 0.164 e. The number of benzene rings is 20. The van der Waals surface area contributed by atoms with E-state index in [4.69, 9.17) is 44.9 Å². The van der Waals surface area contributed by atoms with Gasteiger partial charge in [0, 0.05) is 171 Å². The van der Waals surface area contributed by atoms with Crippen LogP contribution in [0.2, 0.25) is 0 Å². The standard InChI is InChI=1S/2C45H27N3S2.C39H23N3S2/c1-2-10-28(11-3-1)29-12-8-13-30(24-29)31-14-9-15-32(25-31)43-46-44(33-20-22-37-35-16-4-6-18-39(35)49-41(37)26-33)48-45(47-43)34-21-23-38-36-17-5-7-19-40(36)50-42(38)27-34;1-2-9-28(10-3-1)29-17-19-30(20-18-29)31-11-8-12-32(25-31)43-46-44(33-21-23-37-35-13-4-6-15-39(35)49-41(37)26-33)48-45(47-43)34-22-24-38-36-14-5-7-16-40(36)50-42(38)27-34;1-2-9-24(10-3-1)25-11-8-12-26(21-25)37-40-38(27-17-19-31-29-13-4-6-15-33(29)43-35(31)22-27)42-39(41-37)28-18-20-32-30-14-5-7-16-34(30)44-36(32)23-28/h2*1-27H;1-23H. The second-order valence-electron chi connectivity index (χ2n) is 35.8. The lowest BCUT2D eigenvalue weighted by Gasteiger charge is -2.11. The quantitative estimate of drug-likeness (QED) is 0.105. The smallest absolute Gasteiger partial charge is 0.164 e. The van der Waals surface area contributed by atoms with E-state index in [2.05, 4.69) is 455 Å². The molecule has 0 aliphatic carbocycles. The molecule has 20 aromatic carbocycles. The van der Waals surface area contributed by atoms with Gasteiger partial charge in [-0.05, 0) is 153 Å². The van der Waals surface area contributed by atoms with Crippen LogP contribution in [0.25, 0.3) is 279 Å². The molecule has 9 aromatic heterocycles. The lowest BCUT2D eigenvalue weighted by molar-refractivity contribution is 1.07. The predicted octanol–water partition coefficient (Wildman–Crippen LogP) is 37.2. The fourth-order valence-corrected chi connectivity index (χ4v) is 26.5. The molecule has 0 amide bonds. The van der Waals surface area contributed by atoms with Crippen molar-refractivity contribution >= 4 is 189 Å². The third kappa shape index (κ3) is 16.5. The Kier molecular flexibility index (Phi) is 21.9. The first-order valence-corrected chi connectivity index (χ1v) is 52.6. The number of rotatable bonds is 14. The minimum atomic E-state index is 0.652. The van der Waals surface area contributed by atoms with Crippen LogP contribution in [-0.4, -0.2) is 44.9 Å². The molecular formula is C129H77N9S6. The van der Waals surface area contributed by atoms with E-state index in [1.54, 1.807) is 68.0 Å². The zero-order chi connectivity index (χ0) is 95.1. The number of hydrogen-bond donors (Lipinski definition) is 0. The SMILES string of the molecule is c1ccc(-c2ccc(-c3cccc(-c4nc(-c5ccc6c(c5)sc5ccccc56)nc(-c5ccc6c(c5)sc5ccccc56)n4)c3)cc2)cc1.c1ccc(-c2cccc(-c3cccc(-c4nc(-c5ccc6c(c5)sc5ccccc56)nc(-c5ccc6c(c5)sc5ccccc56)n4)c3)c2)cc1.c1ccc(-c2cccc(-c3nc(-c4ccc5c(c4)sc4ccccc45)nc(-c4ccc5c(c4)sc4ccccc45)n3)c2)cc1. The minimum absolute atomic E-state index is 0.652. The lowest BCUT2D eigenvalue weighted by Crippen LogP contribution is -2.00. The van der Waals surface area contributed by atoms with E-state index in [0.29, 0.717) is 52.4 Å². The molecule has 0 spiro atoms. The molecule has 0 aliphatic heterocycles. The first-order chi connectivity index (χ1) is 71.2. The Balaban J connectivity index is 0.000000108. The molecule has 15 heteroatoms. The fourth-order valence-electron chi connectivity index (χ4n) is 19.6. The van der Waals surface area contributed by atoms with Gasteiger partial charge in [-0.25, -0.2) is 44.9 Å². The van der Waals surface area contributed by atoms with Gasteiger partial charge in [-0.2, -0.15) is 0 Å². The number of thiophene rings is 6. The number of nitrogens with zero attached hydrogens (tertiary/aromatic N) is 9. The molecule has 0 fully saturated rings. The third-order valence-electron chi connectivity index (χ3n) is 26.8. The molecule has 674 valence electrons. The molecule has 9 nitrogen and oxygen atoms in total. The van der Waals surface area contributed by atoms with Gasteiger partial charge in [-0.1, -0.05) is 370 Å². The molecule has 0 aliphatic rings. The average Bonchev–Trinajstić information content (AvgIpc) is 1.41. The van der Waals surface area contributed by atoms with Crippen molar-refractivity contribution in [3.05, 3.63) is 467 Å². The number of aromatic nitrogens is 9. The normalized spacial score (nSPS) is 11.6. The average molecular weight is 1950 g/mol. The molecule has 29 aromatic rings. The molecule has 0 atom stereocenters. The van der Waals surface area contributed by atoms with Crippen molar-refractivity contribution < 1.29 is 0 Å². The monoisotopic (exact) mass is 1940 g/mol. The van der Waals surface area contributed by atoms with Gasteiger partial charge in [0.15, 0.2) is 52.4 Å². The summed E-state index contributed by atoms with van der Waals surface area (Å²) in [5, 5.41) is 15.2. The highest BCUT2D eigenvalue weighted by Crippen LogP contribution is 2.46. The van der Waals surface area contributed by atoms with Gasteiger partial charge >= 0.3 is 0 Å². The molecular weight excluding hydrogens is 1870 g/mol. The van der Waals surface area contributed by atoms with Crippen LogP contribution in [-0.2, 0) is 0 Å². The Labute approximate surface area is 851 Å². The fraction of sp³-hybridized carbons (Fsp3) is 0. The molecule has 0 N–H and O–H groups in total. The lowest BCUT2D eigenvalue weighted by atomic mass is 9.98. The van der Waals surface area contributed by atoms with E-state index < -0.39 is 0 Å².